The third kappa shape index (κ3) is 2.59. The fourth-order valence-corrected chi connectivity index (χ4v) is 4.61. The highest BCUT2D eigenvalue weighted by Gasteiger charge is 2.40. The molecule has 0 spiro atoms. The molecule has 1 heterocycles. The summed E-state index contributed by atoms with van der Waals surface area (Å²) < 4.78 is 28.7. The van der Waals surface area contributed by atoms with Crippen molar-refractivity contribution in [2.75, 3.05) is 20.5 Å². The SMILES string of the molecule is O=S1(=O)N(CCCBr)c2ccccc2N1c1ccc(Cl)cc1. The number of para-hydroxylation sites is 2. The van der Waals surface area contributed by atoms with E-state index in [2.05, 4.69) is 15.9 Å². The van der Waals surface area contributed by atoms with Crippen molar-refractivity contribution in [3.8, 4) is 0 Å². The van der Waals surface area contributed by atoms with Crippen LogP contribution in [0.25, 0.3) is 0 Å². The third-order valence-electron chi connectivity index (χ3n) is 3.43. The van der Waals surface area contributed by atoms with Crippen molar-refractivity contribution in [2.45, 2.75) is 6.42 Å². The molecule has 0 aliphatic carbocycles. The van der Waals surface area contributed by atoms with Crippen molar-refractivity contribution >= 4 is 54.8 Å². The van der Waals surface area contributed by atoms with E-state index in [4.69, 9.17) is 11.6 Å². The normalized spacial score (nSPS) is 15.9. The van der Waals surface area contributed by atoms with Crippen LogP contribution >= 0.6 is 27.5 Å². The van der Waals surface area contributed by atoms with Gasteiger partial charge in [-0.15, -0.1) is 0 Å². The molecule has 2 aromatic carbocycles. The van der Waals surface area contributed by atoms with E-state index in [1.165, 1.54) is 8.61 Å². The first-order valence-electron chi connectivity index (χ1n) is 6.79. The molecule has 116 valence electrons. The third-order valence-corrected chi connectivity index (χ3v) is 6.05. The van der Waals surface area contributed by atoms with Gasteiger partial charge in [-0.3, -0.25) is 4.31 Å². The average molecular weight is 402 g/mol. The molecule has 4 nitrogen and oxygen atoms in total. The topological polar surface area (TPSA) is 40.6 Å². The van der Waals surface area contributed by atoms with Crippen molar-refractivity contribution in [1.82, 2.24) is 0 Å². The van der Waals surface area contributed by atoms with Gasteiger partial charge in [0.1, 0.15) is 0 Å². The number of nitrogens with zero attached hydrogens (tertiary/aromatic N) is 2. The molecule has 1 aliphatic heterocycles. The van der Waals surface area contributed by atoms with Crippen LogP contribution in [0.5, 0.6) is 0 Å². The molecule has 0 saturated heterocycles. The van der Waals surface area contributed by atoms with Gasteiger partial charge in [0, 0.05) is 16.9 Å². The van der Waals surface area contributed by atoms with E-state index in [0.717, 1.165) is 11.8 Å². The largest absolute Gasteiger partial charge is 0.330 e. The monoisotopic (exact) mass is 400 g/mol. The Morgan fingerprint density at radius 3 is 2.27 bits per heavy atom. The van der Waals surface area contributed by atoms with Crippen LogP contribution in [0.2, 0.25) is 5.02 Å². The molecule has 0 unspecified atom stereocenters. The maximum atomic E-state index is 12.9. The molecule has 0 aromatic heterocycles. The van der Waals surface area contributed by atoms with Gasteiger partial charge in [-0.1, -0.05) is 39.7 Å². The predicted octanol–water partition coefficient (Wildman–Crippen LogP) is 4.33. The molecule has 0 saturated carbocycles. The number of fused-ring (bicyclic) bond motifs is 1. The van der Waals surface area contributed by atoms with E-state index in [-0.39, 0.29) is 0 Å². The second kappa shape index (κ2) is 6.10. The van der Waals surface area contributed by atoms with Crippen LogP contribution in [0.1, 0.15) is 6.42 Å². The minimum Gasteiger partial charge on any atom is -0.251 e. The quantitative estimate of drug-likeness (QED) is 0.716. The molecule has 2 aromatic rings. The van der Waals surface area contributed by atoms with Crippen molar-refractivity contribution in [1.29, 1.82) is 0 Å². The molecular weight excluding hydrogens is 388 g/mol. The van der Waals surface area contributed by atoms with Gasteiger partial charge in [0.2, 0.25) is 0 Å². The summed E-state index contributed by atoms with van der Waals surface area (Å²) in [4.78, 5) is 0. The zero-order valence-corrected chi connectivity index (χ0v) is 14.8. The summed E-state index contributed by atoms with van der Waals surface area (Å²) in [5.41, 5.74) is 1.95. The first kappa shape index (κ1) is 15.6. The molecule has 0 atom stereocenters. The van der Waals surface area contributed by atoms with E-state index in [9.17, 15) is 8.42 Å². The predicted molar refractivity (Wildman–Crippen MR) is 94.7 cm³/mol. The van der Waals surface area contributed by atoms with Crippen LogP contribution in [0, 0.1) is 0 Å². The molecule has 0 N–H and O–H groups in total. The standard InChI is InChI=1S/C15H14BrClN2O2S/c16-10-3-11-18-14-4-1-2-5-15(14)19(22(18,20)21)13-8-6-12(17)7-9-13/h1-2,4-9H,3,10-11H2. The highest BCUT2D eigenvalue weighted by Crippen LogP contribution is 2.45. The summed E-state index contributed by atoms with van der Waals surface area (Å²) in [6, 6.07) is 14.1. The van der Waals surface area contributed by atoms with Crippen LogP contribution in [0.3, 0.4) is 0 Å². The summed E-state index contributed by atoms with van der Waals surface area (Å²) in [5, 5.41) is 1.33. The fraction of sp³-hybridized carbons (Fsp3) is 0.200. The molecular formula is C15H14BrClN2O2S. The Morgan fingerprint density at radius 2 is 1.64 bits per heavy atom. The van der Waals surface area contributed by atoms with Gasteiger partial charge in [-0.05, 0) is 42.8 Å². The van der Waals surface area contributed by atoms with Gasteiger partial charge >= 0.3 is 10.2 Å². The molecule has 3 rings (SSSR count). The lowest BCUT2D eigenvalue weighted by Crippen LogP contribution is -2.36. The molecule has 0 amide bonds. The lowest BCUT2D eigenvalue weighted by molar-refractivity contribution is 0.593. The van der Waals surface area contributed by atoms with Crippen molar-refractivity contribution in [3.05, 3.63) is 53.6 Å². The van der Waals surface area contributed by atoms with E-state index in [1.54, 1.807) is 24.3 Å². The van der Waals surface area contributed by atoms with E-state index < -0.39 is 10.2 Å². The van der Waals surface area contributed by atoms with E-state index in [1.807, 2.05) is 24.3 Å². The molecule has 0 bridgehead atoms. The minimum absolute atomic E-state index is 0.439. The summed E-state index contributed by atoms with van der Waals surface area (Å²) in [6.45, 7) is 0.439. The van der Waals surface area contributed by atoms with Crippen LogP contribution in [-0.4, -0.2) is 20.3 Å². The number of rotatable bonds is 4. The summed E-state index contributed by atoms with van der Waals surface area (Å²) in [7, 11) is -3.62. The van der Waals surface area contributed by atoms with Crippen molar-refractivity contribution in [3.63, 3.8) is 0 Å². The van der Waals surface area contributed by atoms with Gasteiger partial charge in [0.25, 0.3) is 0 Å². The Morgan fingerprint density at radius 1 is 1.00 bits per heavy atom. The number of benzene rings is 2. The minimum atomic E-state index is -3.62. The first-order valence-corrected chi connectivity index (χ1v) is 9.69. The summed E-state index contributed by atoms with van der Waals surface area (Å²) in [6.07, 6.45) is 0.738. The van der Waals surface area contributed by atoms with Gasteiger partial charge in [-0.2, -0.15) is 8.42 Å². The fourth-order valence-electron chi connectivity index (χ4n) is 2.48. The zero-order chi connectivity index (χ0) is 15.7. The number of anilines is 3. The van der Waals surface area contributed by atoms with Gasteiger partial charge in [0.05, 0.1) is 17.1 Å². The number of alkyl halides is 1. The lowest BCUT2D eigenvalue weighted by Gasteiger charge is -2.21. The van der Waals surface area contributed by atoms with Crippen molar-refractivity contribution in [2.24, 2.45) is 0 Å². The van der Waals surface area contributed by atoms with Crippen LogP contribution in [-0.2, 0) is 10.2 Å². The number of halogens is 2. The lowest BCUT2D eigenvalue weighted by atomic mass is 10.2. The Labute approximate surface area is 143 Å². The van der Waals surface area contributed by atoms with E-state index >= 15 is 0 Å². The first-order chi connectivity index (χ1) is 10.6. The zero-order valence-electron chi connectivity index (χ0n) is 11.6. The van der Waals surface area contributed by atoms with Gasteiger partial charge in [-0.25, -0.2) is 4.31 Å². The second-order valence-corrected chi connectivity index (χ2v) is 7.78. The molecule has 1 aliphatic rings. The Hall–Kier alpha value is -1.24. The molecule has 22 heavy (non-hydrogen) atoms. The van der Waals surface area contributed by atoms with Crippen LogP contribution in [0.15, 0.2) is 48.5 Å². The van der Waals surface area contributed by atoms with Gasteiger partial charge < -0.3 is 0 Å². The second-order valence-electron chi connectivity index (χ2n) is 4.85. The Bertz CT molecular complexity index is 780. The van der Waals surface area contributed by atoms with Gasteiger partial charge in [0.15, 0.2) is 0 Å². The molecule has 7 heteroatoms. The van der Waals surface area contributed by atoms with Crippen LogP contribution in [0.4, 0.5) is 17.1 Å². The summed E-state index contributed by atoms with van der Waals surface area (Å²) >= 11 is 9.26. The summed E-state index contributed by atoms with van der Waals surface area (Å²) in [5.74, 6) is 0. The van der Waals surface area contributed by atoms with Crippen LogP contribution < -0.4 is 8.61 Å². The molecule has 0 radical (unpaired) electrons. The number of hydrogen-bond acceptors (Lipinski definition) is 2. The van der Waals surface area contributed by atoms with E-state index in [0.29, 0.717) is 28.6 Å². The number of hydrogen-bond donors (Lipinski definition) is 0. The highest BCUT2D eigenvalue weighted by atomic mass is 79.9. The Kier molecular flexibility index (Phi) is 4.34. The molecule has 0 fully saturated rings. The average Bonchev–Trinajstić information content (AvgIpc) is 2.73. The maximum Gasteiger partial charge on any atom is 0.330 e. The smallest absolute Gasteiger partial charge is 0.251 e. The van der Waals surface area contributed by atoms with Crippen molar-refractivity contribution < 1.29 is 8.42 Å². The maximum absolute atomic E-state index is 12.9. The highest BCUT2D eigenvalue weighted by molar-refractivity contribution is 9.09. The Balaban J connectivity index is 2.12.